The van der Waals surface area contributed by atoms with E-state index in [1.165, 1.54) is 22.9 Å². The Kier molecular flexibility index (Phi) is 6.43. The molecule has 38 heavy (non-hydrogen) atoms. The molecule has 1 fully saturated rings. The van der Waals surface area contributed by atoms with Crippen LogP contribution in [0.1, 0.15) is 37.9 Å². The summed E-state index contributed by atoms with van der Waals surface area (Å²) in [5.41, 5.74) is 9.66. The molecule has 1 aliphatic carbocycles. The van der Waals surface area contributed by atoms with Crippen LogP contribution < -0.4 is 15.4 Å². The first-order chi connectivity index (χ1) is 18.1. The number of hydrogen-bond donors (Lipinski definition) is 2. The van der Waals surface area contributed by atoms with Gasteiger partial charge >= 0.3 is 0 Å². The molecular formula is C27H28ClN7OS2. The number of hydrogen-bond acceptors (Lipinski definition) is 9. The van der Waals surface area contributed by atoms with Crippen molar-refractivity contribution in [1.82, 2.24) is 24.7 Å². The quantitative estimate of drug-likeness (QED) is 0.324. The van der Waals surface area contributed by atoms with Crippen LogP contribution in [0.4, 0.5) is 11.6 Å². The smallest absolute Gasteiger partial charge is 0.179 e. The summed E-state index contributed by atoms with van der Waals surface area (Å²) in [5.74, 6) is 1.11. The molecule has 1 unspecified atom stereocenters. The minimum Gasteiger partial charge on any atom is -0.598 e. The second-order valence-electron chi connectivity index (χ2n) is 10.9. The number of halogens is 1. The Morgan fingerprint density at radius 1 is 1.13 bits per heavy atom. The highest BCUT2D eigenvalue weighted by molar-refractivity contribution is 7.99. The number of pyridine rings is 2. The van der Waals surface area contributed by atoms with Gasteiger partial charge in [-0.25, -0.2) is 19.9 Å². The van der Waals surface area contributed by atoms with E-state index in [0.29, 0.717) is 16.5 Å². The lowest BCUT2D eigenvalue weighted by Crippen LogP contribution is -2.62. The lowest BCUT2D eigenvalue weighted by Gasteiger charge is -2.52. The first-order valence-electron chi connectivity index (χ1n) is 12.4. The fourth-order valence-corrected chi connectivity index (χ4v) is 7.14. The van der Waals surface area contributed by atoms with Crippen molar-refractivity contribution in [2.45, 2.75) is 47.9 Å². The second-order valence-corrected chi connectivity index (χ2v) is 14.3. The molecule has 0 bridgehead atoms. The monoisotopic (exact) mass is 565 g/mol. The second kappa shape index (κ2) is 9.53. The third-order valence-corrected chi connectivity index (χ3v) is 10.2. The molecule has 3 N–H and O–H groups in total. The van der Waals surface area contributed by atoms with Crippen LogP contribution in [0, 0.1) is 5.41 Å². The summed E-state index contributed by atoms with van der Waals surface area (Å²) < 4.78 is 16.2. The summed E-state index contributed by atoms with van der Waals surface area (Å²) in [6.07, 6.45) is 4.36. The molecule has 1 saturated heterocycles. The summed E-state index contributed by atoms with van der Waals surface area (Å²) in [6, 6.07) is 14.2. The van der Waals surface area contributed by atoms with Crippen LogP contribution in [-0.2, 0) is 17.8 Å². The molecule has 1 aliphatic heterocycles. The average Bonchev–Trinajstić information content (AvgIpc) is 3.19. The van der Waals surface area contributed by atoms with Crippen molar-refractivity contribution in [1.29, 1.82) is 0 Å². The molecule has 4 heterocycles. The lowest BCUT2D eigenvalue weighted by atomic mass is 9.74. The maximum absolute atomic E-state index is 13.1. The van der Waals surface area contributed by atoms with Gasteiger partial charge in [-0.2, -0.15) is 0 Å². The summed E-state index contributed by atoms with van der Waals surface area (Å²) in [7, 11) is 0. The molecule has 6 rings (SSSR count). The Labute approximate surface area is 234 Å². The molecule has 2 aliphatic rings. The minimum absolute atomic E-state index is 0.0266. The largest absolute Gasteiger partial charge is 0.598 e. The van der Waals surface area contributed by atoms with Gasteiger partial charge in [0.15, 0.2) is 5.65 Å². The van der Waals surface area contributed by atoms with Gasteiger partial charge < -0.3 is 15.2 Å². The van der Waals surface area contributed by atoms with E-state index in [0.717, 1.165) is 40.8 Å². The van der Waals surface area contributed by atoms with Crippen LogP contribution in [0.3, 0.4) is 0 Å². The molecule has 0 saturated carbocycles. The fraction of sp³-hybridized carbons (Fsp3) is 0.333. The van der Waals surface area contributed by atoms with Crippen molar-refractivity contribution in [3.8, 4) is 0 Å². The minimum atomic E-state index is -1.17. The van der Waals surface area contributed by atoms with Crippen LogP contribution >= 0.6 is 23.4 Å². The van der Waals surface area contributed by atoms with Crippen LogP contribution in [0.15, 0.2) is 64.8 Å². The molecule has 1 aromatic carbocycles. The molecule has 8 nitrogen and oxygen atoms in total. The van der Waals surface area contributed by atoms with Gasteiger partial charge in [0.05, 0.1) is 17.3 Å². The molecule has 4 aromatic rings. The Bertz CT molecular complexity index is 1520. The molecule has 0 amide bonds. The van der Waals surface area contributed by atoms with Crippen molar-refractivity contribution in [3.63, 3.8) is 0 Å². The van der Waals surface area contributed by atoms with Crippen molar-refractivity contribution in [2.24, 2.45) is 5.41 Å². The van der Waals surface area contributed by atoms with Gasteiger partial charge in [0.25, 0.3) is 0 Å². The predicted octanol–water partition coefficient (Wildman–Crippen LogP) is 4.96. The number of nitrogens with one attached hydrogen (secondary N) is 1. The predicted molar refractivity (Wildman–Crippen MR) is 154 cm³/mol. The number of nitrogens with zero attached hydrogens (tertiary/aromatic N) is 5. The first kappa shape index (κ1) is 25.6. The van der Waals surface area contributed by atoms with Crippen LogP contribution in [0.2, 0.25) is 5.02 Å². The van der Waals surface area contributed by atoms with Gasteiger partial charge in [-0.3, -0.25) is 0 Å². The lowest BCUT2D eigenvalue weighted by molar-refractivity contribution is 0.170. The molecule has 11 heteroatoms. The summed E-state index contributed by atoms with van der Waals surface area (Å²) in [6.45, 7) is 7.62. The van der Waals surface area contributed by atoms with Gasteiger partial charge in [0, 0.05) is 41.0 Å². The fourth-order valence-electron chi connectivity index (χ4n) is 5.15. The zero-order valence-electron chi connectivity index (χ0n) is 21.3. The Balaban J connectivity index is 1.21. The van der Waals surface area contributed by atoms with E-state index in [4.69, 9.17) is 22.3 Å². The van der Waals surface area contributed by atoms with E-state index in [2.05, 4.69) is 48.8 Å². The summed E-state index contributed by atoms with van der Waals surface area (Å²) >= 11 is 6.53. The van der Waals surface area contributed by atoms with E-state index in [-0.39, 0.29) is 16.2 Å². The summed E-state index contributed by atoms with van der Waals surface area (Å²) in [5, 5.41) is 1.17. The number of anilines is 2. The van der Waals surface area contributed by atoms with Gasteiger partial charge in [-0.05, 0) is 56.5 Å². The van der Waals surface area contributed by atoms with Crippen molar-refractivity contribution >= 4 is 57.5 Å². The molecule has 196 valence electrons. The van der Waals surface area contributed by atoms with Crippen molar-refractivity contribution < 1.29 is 4.55 Å². The van der Waals surface area contributed by atoms with Crippen LogP contribution in [0.5, 0.6) is 0 Å². The van der Waals surface area contributed by atoms with Gasteiger partial charge in [-0.15, -0.1) is 4.72 Å². The molecule has 1 spiro atoms. The highest BCUT2D eigenvalue weighted by Gasteiger charge is 2.56. The number of aromatic nitrogens is 4. The zero-order valence-corrected chi connectivity index (χ0v) is 23.7. The Morgan fingerprint density at radius 2 is 1.92 bits per heavy atom. The third-order valence-electron chi connectivity index (χ3n) is 7.10. The van der Waals surface area contributed by atoms with E-state index >= 15 is 0 Å². The van der Waals surface area contributed by atoms with Crippen molar-refractivity contribution in [2.75, 3.05) is 23.7 Å². The molecule has 3 aromatic heterocycles. The normalized spacial score (nSPS) is 19.0. The highest BCUT2D eigenvalue weighted by Crippen LogP contribution is 2.52. The molecule has 0 radical (unpaired) electrons. The van der Waals surface area contributed by atoms with E-state index < -0.39 is 11.4 Å². The van der Waals surface area contributed by atoms with Gasteiger partial charge in [0.2, 0.25) is 0 Å². The Morgan fingerprint density at radius 3 is 2.71 bits per heavy atom. The number of fused-ring (bicyclic) bond motifs is 2. The maximum Gasteiger partial charge on any atom is 0.179 e. The number of benzene rings is 1. The summed E-state index contributed by atoms with van der Waals surface area (Å²) in [4.78, 5) is 21.2. The van der Waals surface area contributed by atoms with E-state index in [1.807, 2.05) is 39.0 Å². The van der Waals surface area contributed by atoms with E-state index in [1.54, 1.807) is 12.4 Å². The zero-order chi connectivity index (χ0) is 26.7. The van der Waals surface area contributed by atoms with Gasteiger partial charge in [-0.1, -0.05) is 47.6 Å². The maximum atomic E-state index is 13.1. The van der Waals surface area contributed by atoms with Crippen LogP contribution in [-0.4, -0.2) is 42.3 Å². The number of nitrogen functional groups attached to an aromatic ring is 1. The first-order valence-corrected chi connectivity index (χ1v) is 14.7. The van der Waals surface area contributed by atoms with Crippen molar-refractivity contribution in [3.05, 3.63) is 71.0 Å². The number of rotatable bonds is 5. The topological polar surface area (TPSA) is 116 Å². The Hall–Kier alpha value is -2.63. The standard InChI is InChI=1S/C27H28ClN7OS2/c1-26(2,3)38(36)34-23-17-7-5-4-6-16(17)12-27(23)14-35(15-27)20-13-31-25-18(32-20)8-9-21(33-25)37-19-10-11-30-24(29)22(19)28/h4-11,13,23,34H,12,14-15H2,1-3H3,(H2,29,30)/t23-,38?/m1/s1. The number of nitrogens with two attached hydrogens (primary N) is 1. The highest BCUT2D eigenvalue weighted by atomic mass is 35.5. The molecule has 2 atom stereocenters. The van der Waals surface area contributed by atoms with E-state index in [9.17, 15) is 4.55 Å². The average molecular weight is 566 g/mol. The molecular weight excluding hydrogens is 538 g/mol. The van der Waals surface area contributed by atoms with Crippen LogP contribution in [0.25, 0.3) is 11.2 Å². The third kappa shape index (κ3) is 4.58. The van der Waals surface area contributed by atoms with Gasteiger partial charge in [0.1, 0.15) is 26.9 Å². The SMILES string of the molecule is CC(C)(C)[S+]([O-])N[C@@H]1c2ccccc2CC12CN(c1cnc3nc(Sc4ccnc(N)c4Cl)ccc3n1)C2.